The number of nitrogens with zero attached hydrogens (tertiary/aromatic N) is 1. The summed E-state index contributed by atoms with van der Waals surface area (Å²) in [5.74, 6) is 1.06. The van der Waals surface area contributed by atoms with Gasteiger partial charge in [0.05, 0.1) is 18.0 Å². The molecule has 0 saturated heterocycles. The van der Waals surface area contributed by atoms with Crippen molar-refractivity contribution in [3.05, 3.63) is 28.0 Å². The molecule has 15 heavy (non-hydrogen) atoms. The van der Waals surface area contributed by atoms with Crippen molar-refractivity contribution in [3.8, 4) is 11.3 Å². The van der Waals surface area contributed by atoms with E-state index in [1.165, 1.54) is 4.88 Å². The van der Waals surface area contributed by atoms with Crippen molar-refractivity contribution >= 4 is 11.3 Å². The number of rotatable bonds is 1. The molecule has 2 aromatic heterocycles. The van der Waals surface area contributed by atoms with E-state index in [1.807, 2.05) is 13.0 Å². The lowest BCUT2D eigenvalue weighted by atomic mass is 10.0. The Morgan fingerprint density at radius 2 is 2.40 bits per heavy atom. The molecule has 3 nitrogen and oxygen atoms in total. The fraction of sp³-hybridized carbons (Fsp3) is 0.364. The SMILES string of the molecule is CC(N)c1nc2c(s1)CCc1occc1-2. The highest BCUT2D eigenvalue weighted by Gasteiger charge is 2.23. The Balaban J connectivity index is 2.16. The molecule has 0 saturated carbocycles. The van der Waals surface area contributed by atoms with Gasteiger partial charge in [0.1, 0.15) is 10.8 Å². The van der Waals surface area contributed by atoms with E-state index in [0.29, 0.717) is 0 Å². The Bertz CT molecular complexity index is 498. The van der Waals surface area contributed by atoms with Gasteiger partial charge in [-0.2, -0.15) is 0 Å². The molecule has 3 rings (SSSR count). The Morgan fingerprint density at radius 3 is 3.20 bits per heavy atom. The molecular formula is C11H12N2OS. The maximum atomic E-state index is 5.85. The van der Waals surface area contributed by atoms with Crippen LogP contribution < -0.4 is 5.73 Å². The molecule has 1 aliphatic carbocycles. The van der Waals surface area contributed by atoms with Crippen molar-refractivity contribution in [2.75, 3.05) is 0 Å². The van der Waals surface area contributed by atoms with Crippen LogP contribution in [0.3, 0.4) is 0 Å². The summed E-state index contributed by atoms with van der Waals surface area (Å²) in [6.07, 6.45) is 3.75. The third kappa shape index (κ3) is 1.33. The fourth-order valence-electron chi connectivity index (χ4n) is 1.92. The number of thiazole rings is 1. The molecule has 1 aliphatic rings. The van der Waals surface area contributed by atoms with Crippen LogP contribution in [0.25, 0.3) is 11.3 Å². The number of nitrogens with two attached hydrogens (primary N) is 1. The normalized spacial score (nSPS) is 15.9. The second-order valence-electron chi connectivity index (χ2n) is 3.87. The number of hydrogen-bond acceptors (Lipinski definition) is 4. The van der Waals surface area contributed by atoms with E-state index in [9.17, 15) is 0 Å². The average molecular weight is 220 g/mol. The molecular weight excluding hydrogens is 208 g/mol. The minimum absolute atomic E-state index is 0.0240. The fourth-order valence-corrected chi connectivity index (χ4v) is 2.95. The highest BCUT2D eigenvalue weighted by Crippen LogP contribution is 2.37. The number of hydrogen-bond donors (Lipinski definition) is 1. The summed E-state index contributed by atoms with van der Waals surface area (Å²) < 4.78 is 5.42. The molecule has 0 amide bonds. The van der Waals surface area contributed by atoms with Crippen molar-refractivity contribution < 1.29 is 4.42 Å². The van der Waals surface area contributed by atoms with Gasteiger partial charge in [0, 0.05) is 16.9 Å². The van der Waals surface area contributed by atoms with Crippen LogP contribution in [0.15, 0.2) is 16.7 Å². The summed E-state index contributed by atoms with van der Waals surface area (Å²) in [6.45, 7) is 1.97. The van der Waals surface area contributed by atoms with Crippen LogP contribution >= 0.6 is 11.3 Å². The quantitative estimate of drug-likeness (QED) is 0.803. The van der Waals surface area contributed by atoms with Gasteiger partial charge in [-0.3, -0.25) is 0 Å². The molecule has 0 spiro atoms. The standard InChI is InChI=1S/C11H12N2OS/c1-6(12)11-13-10-7-4-5-14-8(7)2-3-9(10)15-11/h4-6H,2-3,12H2,1H3. The zero-order chi connectivity index (χ0) is 10.4. The van der Waals surface area contributed by atoms with Gasteiger partial charge in [-0.05, 0) is 19.4 Å². The van der Waals surface area contributed by atoms with E-state index in [1.54, 1.807) is 17.6 Å². The lowest BCUT2D eigenvalue weighted by Gasteiger charge is -2.07. The number of aryl methyl sites for hydroxylation is 2. The zero-order valence-electron chi connectivity index (χ0n) is 8.49. The Morgan fingerprint density at radius 1 is 1.53 bits per heavy atom. The summed E-state index contributed by atoms with van der Waals surface area (Å²) in [5.41, 5.74) is 8.08. The van der Waals surface area contributed by atoms with Crippen LogP contribution in [0.5, 0.6) is 0 Å². The summed E-state index contributed by atoms with van der Waals surface area (Å²) in [5, 5.41) is 1.02. The smallest absolute Gasteiger partial charge is 0.113 e. The van der Waals surface area contributed by atoms with Crippen molar-refractivity contribution in [3.63, 3.8) is 0 Å². The second-order valence-corrected chi connectivity index (χ2v) is 4.99. The molecule has 4 heteroatoms. The lowest BCUT2D eigenvalue weighted by molar-refractivity contribution is 0.508. The molecule has 78 valence electrons. The molecule has 0 fully saturated rings. The molecule has 0 aliphatic heterocycles. The van der Waals surface area contributed by atoms with Crippen molar-refractivity contribution in [2.45, 2.75) is 25.8 Å². The van der Waals surface area contributed by atoms with Crippen LogP contribution in [-0.2, 0) is 12.8 Å². The average Bonchev–Trinajstić information content (AvgIpc) is 2.82. The third-order valence-electron chi connectivity index (χ3n) is 2.68. The summed E-state index contributed by atoms with van der Waals surface area (Å²) >= 11 is 1.73. The van der Waals surface area contributed by atoms with E-state index in [2.05, 4.69) is 4.98 Å². The van der Waals surface area contributed by atoms with Gasteiger partial charge < -0.3 is 10.2 Å². The molecule has 2 aromatic rings. The van der Waals surface area contributed by atoms with Crippen molar-refractivity contribution in [2.24, 2.45) is 5.73 Å². The van der Waals surface area contributed by atoms with E-state index in [-0.39, 0.29) is 6.04 Å². The van der Waals surface area contributed by atoms with Gasteiger partial charge >= 0.3 is 0 Å². The van der Waals surface area contributed by atoms with Gasteiger partial charge in [0.25, 0.3) is 0 Å². The van der Waals surface area contributed by atoms with E-state index in [0.717, 1.165) is 34.9 Å². The van der Waals surface area contributed by atoms with Gasteiger partial charge in [0.2, 0.25) is 0 Å². The van der Waals surface area contributed by atoms with Crippen LogP contribution in [0.2, 0.25) is 0 Å². The minimum Gasteiger partial charge on any atom is -0.469 e. The van der Waals surface area contributed by atoms with Gasteiger partial charge in [0.15, 0.2) is 0 Å². The van der Waals surface area contributed by atoms with Gasteiger partial charge in [-0.1, -0.05) is 0 Å². The van der Waals surface area contributed by atoms with Crippen LogP contribution in [-0.4, -0.2) is 4.98 Å². The number of furan rings is 1. The van der Waals surface area contributed by atoms with Crippen LogP contribution in [0, 0.1) is 0 Å². The predicted molar refractivity (Wildman–Crippen MR) is 59.8 cm³/mol. The largest absolute Gasteiger partial charge is 0.469 e. The molecule has 2 heterocycles. The Hall–Kier alpha value is -1.13. The van der Waals surface area contributed by atoms with Crippen LogP contribution in [0.4, 0.5) is 0 Å². The predicted octanol–water partition coefficient (Wildman–Crippen LogP) is 2.52. The second kappa shape index (κ2) is 3.18. The summed E-state index contributed by atoms with van der Waals surface area (Å²) in [6, 6.07) is 2.02. The lowest BCUT2D eigenvalue weighted by Crippen LogP contribution is -2.04. The Labute approximate surface area is 91.9 Å². The molecule has 1 atom stereocenters. The van der Waals surface area contributed by atoms with Gasteiger partial charge in [-0.15, -0.1) is 11.3 Å². The maximum absolute atomic E-state index is 5.85. The monoisotopic (exact) mass is 220 g/mol. The van der Waals surface area contributed by atoms with Gasteiger partial charge in [-0.25, -0.2) is 4.98 Å². The summed E-state index contributed by atoms with van der Waals surface area (Å²) in [4.78, 5) is 5.94. The first kappa shape index (κ1) is 9.12. The summed E-state index contributed by atoms with van der Waals surface area (Å²) in [7, 11) is 0. The van der Waals surface area contributed by atoms with Crippen molar-refractivity contribution in [1.29, 1.82) is 0 Å². The first-order chi connectivity index (χ1) is 7.25. The molecule has 1 unspecified atom stereocenters. The van der Waals surface area contributed by atoms with E-state index < -0.39 is 0 Å². The Kier molecular flexibility index (Phi) is 1.94. The third-order valence-corrected chi connectivity index (χ3v) is 4.00. The molecule has 0 bridgehead atoms. The highest BCUT2D eigenvalue weighted by molar-refractivity contribution is 7.12. The number of aromatic nitrogens is 1. The topological polar surface area (TPSA) is 52.0 Å². The van der Waals surface area contributed by atoms with Crippen molar-refractivity contribution in [1.82, 2.24) is 4.98 Å². The maximum Gasteiger partial charge on any atom is 0.113 e. The van der Waals surface area contributed by atoms with E-state index in [4.69, 9.17) is 10.2 Å². The van der Waals surface area contributed by atoms with E-state index >= 15 is 0 Å². The molecule has 0 aromatic carbocycles. The molecule has 0 radical (unpaired) electrons. The first-order valence-corrected chi connectivity index (χ1v) is 5.89. The molecule has 2 N–H and O–H groups in total. The zero-order valence-corrected chi connectivity index (χ0v) is 9.30. The number of fused-ring (bicyclic) bond motifs is 3. The minimum atomic E-state index is 0.0240. The van der Waals surface area contributed by atoms with Crippen LogP contribution in [0.1, 0.15) is 28.6 Å². The first-order valence-electron chi connectivity index (χ1n) is 5.07. The highest BCUT2D eigenvalue weighted by atomic mass is 32.1.